The van der Waals surface area contributed by atoms with Gasteiger partial charge in [0.1, 0.15) is 5.82 Å². The van der Waals surface area contributed by atoms with Crippen LogP contribution in [0.3, 0.4) is 0 Å². The van der Waals surface area contributed by atoms with Gasteiger partial charge in [0.05, 0.1) is 29.5 Å². The molecule has 8 heteroatoms. The number of hydrazone groups is 1. The van der Waals surface area contributed by atoms with Crippen molar-refractivity contribution in [3.63, 3.8) is 0 Å². The van der Waals surface area contributed by atoms with Gasteiger partial charge in [-0.1, -0.05) is 35.9 Å². The van der Waals surface area contributed by atoms with Crippen molar-refractivity contribution in [1.82, 2.24) is 5.43 Å². The van der Waals surface area contributed by atoms with Crippen molar-refractivity contribution in [2.24, 2.45) is 5.10 Å². The van der Waals surface area contributed by atoms with Gasteiger partial charge in [0.25, 0.3) is 5.91 Å². The van der Waals surface area contributed by atoms with Crippen molar-refractivity contribution in [2.45, 2.75) is 0 Å². The lowest BCUT2D eigenvalue weighted by Gasteiger charge is -2.10. The molecule has 3 aromatic carbocycles. The molecule has 0 fully saturated rings. The van der Waals surface area contributed by atoms with E-state index in [0.29, 0.717) is 16.1 Å². The molecule has 0 saturated heterocycles. The molecule has 0 aromatic heterocycles. The third-order valence-electron chi connectivity index (χ3n) is 3.98. The van der Waals surface area contributed by atoms with Crippen molar-refractivity contribution >= 4 is 29.7 Å². The number of nitrogens with zero attached hydrogens (tertiary/aromatic N) is 1. The molecule has 3 rings (SSSR count). The van der Waals surface area contributed by atoms with Gasteiger partial charge in [-0.05, 0) is 48.0 Å². The van der Waals surface area contributed by atoms with E-state index in [9.17, 15) is 14.0 Å². The predicted molar refractivity (Wildman–Crippen MR) is 111 cm³/mol. The Morgan fingerprint density at radius 2 is 1.70 bits per heavy atom. The summed E-state index contributed by atoms with van der Waals surface area (Å²) in [6.07, 6.45) is 1.39. The summed E-state index contributed by atoms with van der Waals surface area (Å²) in [7, 11) is 1.40. The largest absolute Gasteiger partial charge is 0.493 e. The van der Waals surface area contributed by atoms with E-state index in [0.717, 1.165) is 0 Å². The van der Waals surface area contributed by atoms with E-state index in [2.05, 4.69) is 10.5 Å². The van der Waals surface area contributed by atoms with Crippen LogP contribution in [-0.2, 0) is 0 Å². The Bertz CT molecular complexity index is 1120. The first kappa shape index (κ1) is 21.0. The number of ether oxygens (including phenoxy) is 2. The monoisotopic (exact) mass is 426 g/mol. The van der Waals surface area contributed by atoms with Crippen LogP contribution in [0.1, 0.15) is 26.3 Å². The molecule has 0 unspecified atom stereocenters. The maximum atomic E-state index is 13.7. The summed E-state index contributed by atoms with van der Waals surface area (Å²) in [6, 6.07) is 16.7. The molecular formula is C22H16ClFN2O4. The standard InChI is InChI=1S/C22H16ClFN2O4/c1-29-20-12-14(13-25-26-21(27)15-6-2-4-8-17(15)23)10-11-19(20)30-22(28)16-7-3-5-9-18(16)24/h2-13H,1H3,(H,26,27)/b25-13+. The van der Waals surface area contributed by atoms with E-state index in [1.54, 1.807) is 36.4 Å². The molecule has 152 valence electrons. The summed E-state index contributed by atoms with van der Waals surface area (Å²) >= 11 is 5.97. The van der Waals surface area contributed by atoms with Gasteiger partial charge in [-0.25, -0.2) is 14.6 Å². The van der Waals surface area contributed by atoms with Gasteiger partial charge < -0.3 is 9.47 Å². The number of carbonyl (C=O) groups is 2. The predicted octanol–water partition coefficient (Wildman–Crippen LogP) is 4.47. The lowest BCUT2D eigenvalue weighted by molar-refractivity contribution is 0.0724. The van der Waals surface area contributed by atoms with E-state index < -0.39 is 17.7 Å². The van der Waals surface area contributed by atoms with Crippen LogP contribution in [0.5, 0.6) is 11.5 Å². The van der Waals surface area contributed by atoms with Crippen molar-refractivity contribution in [3.05, 3.63) is 94.3 Å². The molecule has 30 heavy (non-hydrogen) atoms. The van der Waals surface area contributed by atoms with Crippen LogP contribution in [0.25, 0.3) is 0 Å². The SMILES string of the molecule is COc1cc(/C=N/NC(=O)c2ccccc2Cl)ccc1OC(=O)c1ccccc1F. The minimum Gasteiger partial charge on any atom is -0.493 e. The number of rotatable bonds is 6. The smallest absolute Gasteiger partial charge is 0.346 e. The van der Waals surface area contributed by atoms with E-state index in [1.165, 1.54) is 43.7 Å². The molecule has 0 atom stereocenters. The number of hydrogen-bond acceptors (Lipinski definition) is 5. The second kappa shape index (κ2) is 9.67. The maximum absolute atomic E-state index is 13.7. The molecule has 3 aromatic rings. The van der Waals surface area contributed by atoms with Gasteiger partial charge in [-0.2, -0.15) is 5.10 Å². The Balaban J connectivity index is 1.70. The average Bonchev–Trinajstić information content (AvgIpc) is 2.75. The second-order valence-electron chi connectivity index (χ2n) is 5.96. The minimum atomic E-state index is -0.847. The van der Waals surface area contributed by atoms with Crippen LogP contribution in [-0.4, -0.2) is 25.2 Å². The van der Waals surface area contributed by atoms with Gasteiger partial charge in [0, 0.05) is 0 Å². The summed E-state index contributed by atoms with van der Waals surface area (Å²) < 4.78 is 24.2. The molecule has 0 aliphatic rings. The zero-order valence-electron chi connectivity index (χ0n) is 15.8. The number of methoxy groups -OCH3 is 1. The molecular weight excluding hydrogens is 411 g/mol. The Morgan fingerprint density at radius 1 is 1.00 bits per heavy atom. The topological polar surface area (TPSA) is 77.0 Å². The van der Waals surface area contributed by atoms with Crippen LogP contribution in [0, 0.1) is 5.82 Å². The van der Waals surface area contributed by atoms with Crippen LogP contribution < -0.4 is 14.9 Å². The van der Waals surface area contributed by atoms with Gasteiger partial charge in [-0.3, -0.25) is 4.79 Å². The number of nitrogens with one attached hydrogen (secondary N) is 1. The zero-order chi connectivity index (χ0) is 21.5. The summed E-state index contributed by atoms with van der Waals surface area (Å²) in [5.74, 6) is -1.64. The molecule has 0 aliphatic heterocycles. The lowest BCUT2D eigenvalue weighted by atomic mass is 10.2. The number of amides is 1. The third-order valence-corrected chi connectivity index (χ3v) is 4.31. The number of benzene rings is 3. The molecule has 1 N–H and O–H groups in total. The number of halogens is 2. The average molecular weight is 427 g/mol. The van der Waals surface area contributed by atoms with E-state index >= 15 is 0 Å². The maximum Gasteiger partial charge on any atom is 0.346 e. The number of esters is 1. The van der Waals surface area contributed by atoms with Crippen molar-refractivity contribution < 1.29 is 23.5 Å². The number of hydrogen-bond donors (Lipinski definition) is 1. The van der Waals surface area contributed by atoms with Crippen LogP contribution in [0.2, 0.25) is 5.02 Å². The quantitative estimate of drug-likeness (QED) is 0.273. The van der Waals surface area contributed by atoms with E-state index in [1.807, 2.05) is 0 Å². The zero-order valence-corrected chi connectivity index (χ0v) is 16.5. The van der Waals surface area contributed by atoms with Crippen molar-refractivity contribution in [3.8, 4) is 11.5 Å². The molecule has 0 heterocycles. The summed E-state index contributed by atoms with van der Waals surface area (Å²) in [4.78, 5) is 24.3. The minimum absolute atomic E-state index is 0.114. The fraction of sp³-hybridized carbons (Fsp3) is 0.0455. The van der Waals surface area contributed by atoms with Crippen LogP contribution in [0.4, 0.5) is 4.39 Å². The highest BCUT2D eigenvalue weighted by molar-refractivity contribution is 6.33. The van der Waals surface area contributed by atoms with Gasteiger partial charge in [0.15, 0.2) is 11.5 Å². The fourth-order valence-corrected chi connectivity index (χ4v) is 2.72. The third kappa shape index (κ3) is 5.01. The lowest BCUT2D eigenvalue weighted by Crippen LogP contribution is -2.17. The van der Waals surface area contributed by atoms with Gasteiger partial charge in [0.2, 0.25) is 0 Å². The first-order valence-corrected chi connectivity index (χ1v) is 9.10. The first-order valence-electron chi connectivity index (χ1n) is 8.72. The molecule has 6 nitrogen and oxygen atoms in total. The molecule has 0 bridgehead atoms. The summed E-state index contributed by atoms with van der Waals surface area (Å²) in [5, 5.41) is 4.20. The Hall–Kier alpha value is -3.71. The first-order chi connectivity index (χ1) is 14.5. The Labute approximate surface area is 176 Å². The summed E-state index contributed by atoms with van der Waals surface area (Å²) in [5.41, 5.74) is 3.05. The normalized spacial score (nSPS) is 10.6. The van der Waals surface area contributed by atoms with Gasteiger partial charge >= 0.3 is 5.97 Å². The van der Waals surface area contributed by atoms with E-state index in [-0.39, 0.29) is 17.1 Å². The molecule has 0 aliphatic carbocycles. The Morgan fingerprint density at radius 3 is 2.40 bits per heavy atom. The van der Waals surface area contributed by atoms with Crippen molar-refractivity contribution in [2.75, 3.05) is 7.11 Å². The second-order valence-corrected chi connectivity index (χ2v) is 6.37. The van der Waals surface area contributed by atoms with E-state index in [4.69, 9.17) is 21.1 Å². The highest BCUT2D eigenvalue weighted by Crippen LogP contribution is 2.28. The summed E-state index contributed by atoms with van der Waals surface area (Å²) in [6.45, 7) is 0. The van der Waals surface area contributed by atoms with Crippen LogP contribution >= 0.6 is 11.6 Å². The molecule has 1 amide bonds. The number of carbonyl (C=O) groups excluding carboxylic acids is 2. The molecule has 0 saturated carbocycles. The van der Waals surface area contributed by atoms with Crippen LogP contribution in [0.15, 0.2) is 71.8 Å². The highest BCUT2D eigenvalue weighted by atomic mass is 35.5. The van der Waals surface area contributed by atoms with Gasteiger partial charge in [-0.15, -0.1) is 0 Å². The fourth-order valence-electron chi connectivity index (χ4n) is 2.50. The molecule has 0 spiro atoms. The highest BCUT2D eigenvalue weighted by Gasteiger charge is 2.16. The Kier molecular flexibility index (Phi) is 6.77. The molecule has 0 radical (unpaired) electrons. The van der Waals surface area contributed by atoms with Crippen molar-refractivity contribution in [1.29, 1.82) is 0 Å².